The van der Waals surface area contributed by atoms with Crippen LogP contribution in [0.3, 0.4) is 0 Å². The molecule has 2 N–H and O–H groups in total. The third kappa shape index (κ3) is 4.24. The maximum atomic E-state index is 11.6. The van der Waals surface area contributed by atoms with Gasteiger partial charge in [0.25, 0.3) is 0 Å². The van der Waals surface area contributed by atoms with Crippen LogP contribution in [0.5, 0.6) is 0 Å². The van der Waals surface area contributed by atoms with E-state index in [2.05, 4.69) is 5.32 Å². The van der Waals surface area contributed by atoms with Gasteiger partial charge in [0.05, 0.1) is 6.04 Å². The van der Waals surface area contributed by atoms with Gasteiger partial charge >= 0.3 is 5.97 Å². The Bertz CT molecular complexity index is 436. The maximum Gasteiger partial charge on any atom is 0.303 e. The Morgan fingerprint density at radius 1 is 1.39 bits per heavy atom. The molecule has 1 rings (SSSR count). The van der Waals surface area contributed by atoms with Crippen molar-refractivity contribution in [1.82, 2.24) is 5.32 Å². The Morgan fingerprint density at radius 3 is 2.56 bits per heavy atom. The van der Waals surface area contributed by atoms with Crippen LogP contribution < -0.4 is 5.32 Å². The molecule has 18 heavy (non-hydrogen) atoms. The van der Waals surface area contributed by atoms with Crippen LogP contribution in [0.1, 0.15) is 49.3 Å². The van der Waals surface area contributed by atoms with E-state index in [1.54, 1.807) is 0 Å². The van der Waals surface area contributed by atoms with Gasteiger partial charge in [0.1, 0.15) is 11.5 Å². The van der Waals surface area contributed by atoms with Crippen LogP contribution in [0.25, 0.3) is 0 Å². The Hall–Kier alpha value is -1.78. The van der Waals surface area contributed by atoms with E-state index in [0.29, 0.717) is 6.42 Å². The molecule has 0 radical (unpaired) electrons. The molecule has 1 heterocycles. The summed E-state index contributed by atoms with van der Waals surface area (Å²) >= 11 is 0. The minimum Gasteiger partial charge on any atom is -0.481 e. The largest absolute Gasteiger partial charge is 0.481 e. The molecule has 0 fully saturated rings. The molecule has 0 aromatic carbocycles. The molecule has 0 aliphatic carbocycles. The summed E-state index contributed by atoms with van der Waals surface area (Å²) in [7, 11) is 0. The van der Waals surface area contributed by atoms with Crippen LogP contribution in [0.15, 0.2) is 10.5 Å². The van der Waals surface area contributed by atoms with Crippen molar-refractivity contribution >= 4 is 11.9 Å². The molecule has 0 aliphatic heterocycles. The number of nitrogens with one attached hydrogen (secondary N) is 1. The lowest BCUT2D eigenvalue weighted by Crippen LogP contribution is -2.26. The van der Waals surface area contributed by atoms with Gasteiger partial charge < -0.3 is 14.8 Å². The van der Waals surface area contributed by atoms with Crippen molar-refractivity contribution < 1.29 is 19.1 Å². The Kier molecular flexibility index (Phi) is 4.95. The monoisotopic (exact) mass is 253 g/mol. The number of carboxylic acids is 1. The minimum atomic E-state index is -0.878. The number of aryl methyl sites for hydroxylation is 2. The van der Waals surface area contributed by atoms with Gasteiger partial charge in [-0.15, -0.1) is 0 Å². The molecule has 0 spiro atoms. The van der Waals surface area contributed by atoms with Gasteiger partial charge in [-0.25, -0.2) is 0 Å². The van der Waals surface area contributed by atoms with E-state index < -0.39 is 5.97 Å². The van der Waals surface area contributed by atoms with Crippen LogP contribution >= 0.6 is 0 Å². The lowest BCUT2D eigenvalue weighted by atomic mass is 10.1. The molecule has 0 saturated heterocycles. The topological polar surface area (TPSA) is 79.5 Å². The second kappa shape index (κ2) is 6.23. The smallest absolute Gasteiger partial charge is 0.303 e. The van der Waals surface area contributed by atoms with Gasteiger partial charge in [0, 0.05) is 18.4 Å². The lowest BCUT2D eigenvalue weighted by molar-refractivity contribution is -0.137. The average molecular weight is 253 g/mol. The quantitative estimate of drug-likeness (QED) is 0.815. The summed E-state index contributed by atoms with van der Waals surface area (Å²) in [5, 5.41) is 11.3. The van der Waals surface area contributed by atoms with Crippen molar-refractivity contribution in [3.63, 3.8) is 0 Å². The van der Waals surface area contributed by atoms with Crippen LogP contribution in [0, 0.1) is 13.8 Å². The molecular weight excluding hydrogens is 234 g/mol. The summed E-state index contributed by atoms with van der Waals surface area (Å²) in [5.74, 6) is 0.597. The van der Waals surface area contributed by atoms with Crippen LogP contribution in [-0.2, 0) is 9.59 Å². The van der Waals surface area contributed by atoms with Gasteiger partial charge in [0.2, 0.25) is 5.91 Å². The van der Waals surface area contributed by atoms with Crippen LogP contribution in [0.4, 0.5) is 0 Å². The summed E-state index contributed by atoms with van der Waals surface area (Å²) < 4.78 is 5.40. The first-order valence-electron chi connectivity index (χ1n) is 5.98. The predicted octanol–water partition coefficient (Wildman–Crippen LogP) is 2.33. The SMILES string of the molecule is Cc1cc(C(C)NC(=O)CCCC(=O)O)c(C)o1. The number of carboxylic acid groups (broad SMARTS) is 1. The van der Waals surface area contributed by atoms with E-state index in [9.17, 15) is 9.59 Å². The van der Waals surface area contributed by atoms with Gasteiger partial charge in [0.15, 0.2) is 0 Å². The highest BCUT2D eigenvalue weighted by atomic mass is 16.4. The zero-order valence-electron chi connectivity index (χ0n) is 10.9. The van der Waals surface area contributed by atoms with E-state index in [1.165, 1.54) is 0 Å². The molecular formula is C13H19NO4. The van der Waals surface area contributed by atoms with Crippen molar-refractivity contribution in [2.24, 2.45) is 0 Å². The molecule has 1 unspecified atom stereocenters. The zero-order chi connectivity index (χ0) is 13.7. The van der Waals surface area contributed by atoms with Crippen LogP contribution in [-0.4, -0.2) is 17.0 Å². The highest BCUT2D eigenvalue weighted by Gasteiger charge is 2.14. The number of amides is 1. The zero-order valence-corrected chi connectivity index (χ0v) is 10.9. The maximum absolute atomic E-state index is 11.6. The van der Waals surface area contributed by atoms with Crippen molar-refractivity contribution in [3.05, 3.63) is 23.2 Å². The average Bonchev–Trinajstić information content (AvgIpc) is 2.57. The first-order chi connectivity index (χ1) is 8.40. The molecule has 1 aromatic heterocycles. The molecule has 0 bridgehead atoms. The van der Waals surface area contributed by atoms with Gasteiger partial charge in [-0.3, -0.25) is 9.59 Å². The van der Waals surface area contributed by atoms with Crippen molar-refractivity contribution in [2.75, 3.05) is 0 Å². The molecule has 1 amide bonds. The second-order valence-electron chi connectivity index (χ2n) is 4.41. The van der Waals surface area contributed by atoms with Gasteiger partial charge in [-0.05, 0) is 33.3 Å². The number of aliphatic carboxylic acids is 1. The highest BCUT2D eigenvalue weighted by Crippen LogP contribution is 2.21. The highest BCUT2D eigenvalue weighted by molar-refractivity contribution is 5.77. The Labute approximate surface area is 106 Å². The third-order valence-corrected chi connectivity index (χ3v) is 2.72. The van der Waals surface area contributed by atoms with Crippen molar-refractivity contribution in [1.29, 1.82) is 0 Å². The molecule has 0 saturated carbocycles. The summed E-state index contributed by atoms with van der Waals surface area (Å²) in [6, 6.07) is 1.78. The number of carbonyl (C=O) groups excluding carboxylic acids is 1. The number of rotatable bonds is 6. The molecule has 0 aliphatic rings. The fraction of sp³-hybridized carbons (Fsp3) is 0.538. The van der Waals surface area contributed by atoms with Crippen molar-refractivity contribution in [2.45, 2.75) is 46.1 Å². The summed E-state index contributed by atoms with van der Waals surface area (Å²) in [5.41, 5.74) is 0.957. The lowest BCUT2D eigenvalue weighted by Gasteiger charge is -2.12. The van der Waals surface area contributed by atoms with E-state index in [4.69, 9.17) is 9.52 Å². The first-order valence-corrected chi connectivity index (χ1v) is 5.98. The Morgan fingerprint density at radius 2 is 2.06 bits per heavy atom. The molecule has 5 nitrogen and oxygen atoms in total. The molecule has 1 atom stereocenters. The third-order valence-electron chi connectivity index (χ3n) is 2.72. The summed E-state index contributed by atoms with van der Waals surface area (Å²) in [6.07, 6.45) is 0.607. The van der Waals surface area contributed by atoms with E-state index in [1.807, 2.05) is 26.8 Å². The van der Waals surface area contributed by atoms with Gasteiger partial charge in [-0.2, -0.15) is 0 Å². The normalized spacial score (nSPS) is 12.2. The first kappa shape index (κ1) is 14.3. The Balaban J connectivity index is 2.44. The minimum absolute atomic E-state index is 0.0195. The van der Waals surface area contributed by atoms with E-state index >= 15 is 0 Å². The number of hydrogen-bond donors (Lipinski definition) is 2. The van der Waals surface area contributed by atoms with Crippen molar-refractivity contribution in [3.8, 4) is 0 Å². The van der Waals surface area contributed by atoms with E-state index in [-0.39, 0.29) is 24.8 Å². The number of furan rings is 1. The van der Waals surface area contributed by atoms with Gasteiger partial charge in [-0.1, -0.05) is 0 Å². The number of hydrogen-bond acceptors (Lipinski definition) is 3. The molecule has 100 valence electrons. The fourth-order valence-corrected chi connectivity index (χ4v) is 1.87. The van der Waals surface area contributed by atoms with E-state index in [0.717, 1.165) is 17.1 Å². The standard InChI is InChI=1S/C13H19NO4/c1-8-7-11(10(3)18-8)9(2)14-12(15)5-4-6-13(16)17/h7,9H,4-6H2,1-3H3,(H,14,15)(H,16,17). The number of carbonyl (C=O) groups is 2. The summed E-state index contributed by atoms with van der Waals surface area (Å²) in [4.78, 5) is 21.9. The predicted molar refractivity (Wildman–Crippen MR) is 66.2 cm³/mol. The molecule has 1 aromatic rings. The van der Waals surface area contributed by atoms with Crippen LogP contribution in [0.2, 0.25) is 0 Å². The summed E-state index contributed by atoms with van der Waals surface area (Å²) in [6.45, 7) is 5.60. The molecule has 5 heteroatoms. The second-order valence-corrected chi connectivity index (χ2v) is 4.41. The fourth-order valence-electron chi connectivity index (χ4n) is 1.87.